The average Bonchev–Trinajstić information content (AvgIpc) is 2.54. The number of morpholine rings is 1. The molecule has 1 aromatic carbocycles. The van der Waals surface area contributed by atoms with Crippen LogP contribution in [0.15, 0.2) is 30.3 Å². The molecule has 5 nitrogen and oxygen atoms in total. The van der Waals surface area contributed by atoms with Gasteiger partial charge in [-0.25, -0.2) is 4.79 Å². The zero-order valence-corrected chi connectivity index (χ0v) is 14.4. The first-order chi connectivity index (χ1) is 11.0. The molecular weight excluding hydrogens is 292 g/mol. The van der Waals surface area contributed by atoms with E-state index in [-0.39, 0.29) is 17.6 Å². The smallest absolute Gasteiger partial charge is 0.317 e. The van der Waals surface area contributed by atoms with E-state index in [2.05, 4.69) is 31.3 Å². The highest BCUT2D eigenvalue weighted by Crippen LogP contribution is 2.21. The molecule has 23 heavy (non-hydrogen) atoms. The van der Waals surface area contributed by atoms with Crippen molar-refractivity contribution in [3.8, 4) is 0 Å². The summed E-state index contributed by atoms with van der Waals surface area (Å²) in [7, 11) is 1.65. The lowest BCUT2D eigenvalue weighted by molar-refractivity contribution is -0.0495. The van der Waals surface area contributed by atoms with Gasteiger partial charge in [0.25, 0.3) is 0 Å². The second-order valence-electron chi connectivity index (χ2n) is 6.88. The van der Waals surface area contributed by atoms with Gasteiger partial charge in [-0.1, -0.05) is 44.2 Å². The molecular formula is C18H28N2O3. The van der Waals surface area contributed by atoms with Crippen LogP contribution in [0.4, 0.5) is 4.79 Å². The molecule has 0 radical (unpaired) electrons. The van der Waals surface area contributed by atoms with E-state index in [9.17, 15) is 4.79 Å². The molecule has 1 atom stereocenters. The highest BCUT2D eigenvalue weighted by molar-refractivity contribution is 5.74. The first-order valence-corrected chi connectivity index (χ1v) is 8.17. The van der Waals surface area contributed by atoms with Crippen molar-refractivity contribution >= 4 is 6.03 Å². The molecule has 0 unspecified atom stereocenters. The molecule has 1 fully saturated rings. The standard InChI is InChI=1S/C18H28N2O3/c1-18(2,11-15-7-5-4-6-8-15)14-19-17(21)20-9-10-23-16(12-20)13-22-3/h4-8,16H,9-14H2,1-3H3,(H,19,21)/t16-/m0/s1. The Kier molecular flexibility index (Phi) is 6.42. The van der Waals surface area contributed by atoms with Crippen LogP contribution in [0.25, 0.3) is 0 Å². The molecule has 0 saturated carbocycles. The Morgan fingerprint density at radius 1 is 1.39 bits per heavy atom. The van der Waals surface area contributed by atoms with Crippen molar-refractivity contribution in [1.82, 2.24) is 10.2 Å². The van der Waals surface area contributed by atoms with Crippen molar-refractivity contribution in [2.75, 3.05) is 40.0 Å². The molecule has 1 aliphatic heterocycles. The number of rotatable bonds is 6. The number of hydrogen-bond acceptors (Lipinski definition) is 3. The first-order valence-electron chi connectivity index (χ1n) is 8.17. The molecule has 2 amide bonds. The van der Waals surface area contributed by atoms with Crippen LogP contribution in [-0.2, 0) is 15.9 Å². The quantitative estimate of drug-likeness (QED) is 0.875. The van der Waals surface area contributed by atoms with E-state index in [0.717, 1.165) is 6.42 Å². The molecule has 1 heterocycles. The number of ether oxygens (including phenoxy) is 2. The summed E-state index contributed by atoms with van der Waals surface area (Å²) in [6, 6.07) is 10.4. The fourth-order valence-corrected chi connectivity index (χ4v) is 2.83. The van der Waals surface area contributed by atoms with Crippen molar-refractivity contribution < 1.29 is 14.3 Å². The second-order valence-corrected chi connectivity index (χ2v) is 6.88. The molecule has 2 rings (SSSR count). The summed E-state index contributed by atoms with van der Waals surface area (Å²) < 4.78 is 10.7. The molecule has 0 spiro atoms. The van der Waals surface area contributed by atoms with Gasteiger partial charge in [-0.3, -0.25) is 0 Å². The van der Waals surface area contributed by atoms with Crippen LogP contribution in [-0.4, -0.2) is 57.0 Å². The van der Waals surface area contributed by atoms with Crippen LogP contribution in [0.1, 0.15) is 19.4 Å². The number of nitrogens with zero attached hydrogens (tertiary/aromatic N) is 1. The van der Waals surface area contributed by atoms with Crippen molar-refractivity contribution in [2.24, 2.45) is 5.41 Å². The molecule has 5 heteroatoms. The van der Waals surface area contributed by atoms with E-state index >= 15 is 0 Å². The molecule has 1 aliphatic rings. The van der Waals surface area contributed by atoms with Gasteiger partial charge >= 0.3 is 6.03 Å². The van der Waals surface area contributed by atoms with Gasteiger partial charge < -0.3 is 19.7 Å². The van der Waals surface area contributed by atoms with E-state index in [0.29, 0.717) is 32.8 Å². The van der Waals surface area contributed by atoms with Crippen LogP contribution >= 0.6 is 0 Å². The van der Waals surface area contributed by atoms with Crippen molar-refractivity contribution in [3.63, 3.8) is 0 Å². The molecule has 0 bridgehead atoms. The highest BCUT2D eigenvalue weighted by Gasteiger charge is 2.26. The molecule has 128 valence electrons. The molecule has 0 aromatic heterocycles. The monoisotopic (exact) mass is 320 g/mol. The van der Waals surface area contributed by atoms with Gasteiger partial charge in [-0.15, -0.1) is 0 Å². The van der Waals surface area contributed by atoms with Crippen LogP contribution in [0.2, 0.25) is 0 Å². The van der Waals surface area contributed by atoms with E-state index < -0.39 is 0 Å². The molecule has 1 saturated heterocycles. The Balaban J connectivity index is 1.80. The van der Waals surface area contributed by atoms with Crippen LogP contribution in [0.5, 0.6) is 0 Å². The maximum absolute atomic E-state index is 12.4. The van der Waals surface area contributed by atoms with E-state index in [1.807, 2.05) is 23.1 Å². The summed E-state index contributed by atoms with van der Waals surface area (Å²) >= 11 is 0. The largest absolute Gasteiger partial charge is 0.382 e. The predicted octanol–water partition coefficient (Wildman–Crippen LogP) is 2.31. The summed E-state index contributed by atoms with van der Waals surface area (Å²) in [5, 5.41) is 3.07. The number of carbonyl (C=O) groups is 1. The van der Waals surface area contributed by atoms with E-state index in [1.165, 1.54) is 5.56 Å². The zero-order valence-electron chi connectivity index (χ0n) is 14.4. The summed E-state index contributed by atoms with van der Waals surface area (Å²) in [6.07, 6.45) is 0.903. The Morgan fingerprint density at radius 2 is 2.13 bits per heavy atom. The lowest BCUT2D eigenvalue weighted by Crippen LogP contribution is -2.52. The maximum Gasteiger partial charge on any atom is 0.317 e. The van der Waals surface area contributed by atoms with Gasteiger partial charge in [0, 0.05) is 20.2 Å². The van der Waals surface area contributed by atoms with Gasteiger partial charge in [0.1, 0.15) is 0 Å². The number of amides is 2. The van der Waals surface area contributed by atoms with Crippen molar-refractivity contribution in [3.05, 3.63) is 35.9 Å². The van der Waals surface area contributed by atoms with Gasteiger partial charge in [0.05, 0.1) is 25.9 Å². The van der Waals surface area contributed by atoms with Gasteiger partial charge in [0.2, 0.25) is 0 Å². The third kappa shape index (κ3) is 5.84. The third-order valence-corrected chi connectivity index (χ3v) is 4.02. The van der Waals surface area contributed by atoms with E-state index in [1.54, 1.807) is 7.11 Å². The minimum absolute atomic E-state index is 0.00916. The average molecular weight is 320 g/mol. The zero-order chi connectivity index (χ0) is 16.7. The van der Waals surface area contributed by atoms with Gasteiger partial charge in [0.15, 0.2) is 0 Å². The number of methoxy groups -OCH3 is 1. The number of urea groups is 1. The highest BCUT2D eigenvalue weighted by atomic mass is 16.5. The Morgan fingerprint density at radius 3 is 2.83 bits per heavy atom. The Labute approximate surface area is 139 Å². The van der Waals surface area contributed by atoms with Gasteiger partial charge in [-0.2, -0.15) is 0 Å². The molecule has 0 aliphatic carbocycles. The van der Waals surface area contributed by atoms with E-state index in [4.69, 9.17) is 9.47 Å². The fourth-order valence-electron chi connectivity index (χ4n) is 2.83. The minimum Gasteiger partial charge on any atom is -0.382 e. The predicted molar refractivity (Wildman–Crippen MR) is 90.5 cm³/mol. The maximum atomic E-state index is 12.4. The number of benzene rings is 1. The summed E-state index contributed by atoms with van der Waals surface area (Å²) in [6.45, 7) is 7.29. The van der Waals surface area contributed by atoms with Crippen LogP contribution in [0, 0.1) is 5.41 Å². The van der Waals surface area contributed by atoms with Crippen molar-refractivity contribution in [1.29, 1.82) is 0 Å². The van der Waals surface area contributed by atoms with Crippen molar-refractivity contribution in [2.45, 2.75) is 26.4 Å². The lowest BCUT2D eigenvalue weighted by atomic mass is 9.86. The Bertz CT molecular complexity index is 488. The first kappa shape index (κ1) is 17.8. The fraction of sp³-hybridized carbons (Fsp3) is 0.611. The van der Waals surface area contributed by atoms with Gasteiger partial charge in [-0.05, 0) is 17.4 Å². The molecule has 1 aromatic rings. The molecule has 1 N–H and O–H groups in total. The summed E-state index contributed by atoms with van der Waals surface area (Å²) in [5.41, 5.74) is 1.30. The summed E-state index contributed by atoms with van der Waals surface area (Å²) in [4.78, 5) is 14.2. The Hall–Kier alpha value is -1.59. The minimum atomic E-state index is -0.0307. The lowest BCUT2D eigenvalue weighted by Gasteiger charge is -2.34. The van der Waals surface area contributed by atoms with Crippen LogP contribution in [0.3, 0.4) is 0 Å². The topological polar surface area (TPSA) is 50.8 Å². The number of carbonyl (C=O) groups excluding carboxylic acids is 1. The normalized spacial score (nSPS) is 18.7. The summed E-state index contributed by atoms with van der Waals surface area (Å²) in [5.74, 6) is 0. The van der Waals surface area contributed by atoms with Crippen LogP contribution < -0.4 is 5.32 Å². The second kappa shape index (κ2) is 8.31. The number of hydrogen-bond donors (Lipinski definition) is 1. The number of nitrogens with one attached hydrogen (secondary N) is 1. The SMILES string of the molecule is COC[C@@H]1CN(C(=O)NCC(C)(C)Cc2ccccc2)CCO1. The third-order valence-electron chi connectivity index (χ3n) is 4.02.